The Morgan fingerprint density at radius 2 is 1.47 bits per heavy atom. The summed E-state index contributed by atoms with van der Waals surface area (Å²) >= 11 is 0. The molecule has 0 radical (unpaired) electrons. The number of carbonyl (C=O) groups excluding carboxylic acids is 3. The number of nitrogens with zero attached hydrogens (tertiary/aromatic N) is 4. The summed E-state index contributed by atoms with van der Waals surface area (Å²) in [6.45, 7) is 3.17. The first-order chi connectivity index (χ1) is 17.4. The van der Waals surface area contributed by atoms with E-state index < -0.39 is 4.92 Å². The number of benzene rings is 3. The third-order valence-corrected chi connectivity index (χ3v) is 6.70. The Bertz CT molecular complexity index is 1340. The van der Waals surface area contributed by atoms with Crippen LogP contribution in [0.5, 0.6) is 0 Å². The van der Waals surface area contributed by atoms with Crippen molar-refractivity contribution in [2.75, 3.05) is 39.3 Å². The van der Waals surface area contributed by atoms with E-state index in [0.29, 0.717) is 49.4 Å². The van der Waals surface area contributed by atoms with Crippen LogP contribution in [0.25, 0.3) is 16.8 Å². The van der Waals surface area contributed by atoms with Crippen LogP contribution in [0.4, 0.5) is 5.69 Å². The Kier molecular flexibility index (Phi) is 6.30. The average Bonchev–Trinajstić information content (AvgIpc) is 2.90. The number of piperazine rings is 1. The van der Waals surface area contributed by atoms with Crippen LogP contribution in [0, 0.1) is 10.1 Å². The molecule has 3 aromatic rings. The SMILES string of the molecule is O=C(/C=C/c1ccc([N+](=O)[O-])cc1)N1CCN(CCN2C(=O)c3cccc4cccc(c34)C2=O)CC1. The summed E-state index contributed by atoms with van der Waals surface area (Å²) in [6, 6.07) is 17.0. The molecule has 3 aromatic carbocycles. The second-order valence-corrected chi connectivity index (χ2v) is 8.82. The summed E-state index contributed by atoms with van der Waals surface area (Å²) in [4.78, 5) is 54.2. The second-order valence-electron chi connectivity index (χ2n) is 8.82. The lowest BCUT2D eigenvalue weighted by Crippen LogP contribution is -2.51. The minimum absolute atomic E-state index is 0.00353. The average molecular weight is 485 g/mol. The number of amides is 3. The van der Waals surface area contributed by atoms with Gasteiger partial charge in [0.2, 0.25) is 5.91 Å². The van der Waals surface area contributed by atoms with E-state index >= 15 is 0 Å². The van der Waals surface area contributed by atoms with Gasteiger partial charge < -0.3 is 4.90 Å². The van der Waals surface area contributed by atoms with E-state index in [4.69, 9.17) is 0 Å². The Labute approximate surface area is 207 Å². The molecule has 5 rings (SSSR count). The molecule has 0 N–H and O–H groups in total. The molecule has 0 aromatic heterocycles. The van der Waals surface area contributed by atoms with Gasteiger partial charge in [0, 0.05) is 74.0 Å². The van der Waals surface area contributed by atoms with Crippen molar-refractivity contribution in [3.05, 3.63) is 93.5 Å². The predicted octanol–water partition coefficient (Wildman–Crippen LogP) is 3.20. The van der Waals surface area contributed by atoms with Gasteiger partial charge in [-0.2, -0.15) is 0 Å². The summed E-state index contributed by atoms with van der Waals surface area (Å²) in [5, 5.41) is 12.4. The van der Waals surface area contributed by atoms with Gasteiger partial charge in [0.25, 0.3) is 17.5 Å². The van der Waals surface area contributed by atoms with Gasteiger partial charge in [0.15, 0.2) is 0 Å². The van der Waals surface area contributed by atoms with Crippen molar-refractivity contribution in [3.63, 3.8) is 0 Å². The molecule has 2 aliphatic rings. The van der Waals surface area contributed by atoms with Gasteiger partial charge in [-0.1, -0.05) is 24.3 Å². The summed E-state index contributed by atoms with van der Waals surface area (Å²) in [7, 11) is 0. The summed E-state index contributed by atoms with van der Waals surface area (Å²) < 4.78 is 0. The summed E-state index contributed by atoms with van der Waals surface area (Å²) in [6.07, 6.45) is 3.12. The van der Waals surface area contributed by atoms with E-state index in [1.54, 1.807) is 35.2 Å². The molecule has 0 bridgehead atoms. The molecule has 3 amide bonds. The zero-order chi connectivity index (χ0) is 25.2. The number of rotatable bonds is 6. The molecular formula is C27H24N4O5. The van der Waals surface area contributed by atoms with Crippen LogP contribution in [-0.2, 0) is 4.79 Å². The lowest BCUT2D eigenvalue weighted by molar-refractivity contribution is -0.384. The molecule has 0 aliphatic carbocycles. The standard InChI is InChI=1S/C27H24N4O5/c32-24(12-9-19-7-10-21(11-8-19)31(35)36)29-16-13-28(14-17-29)15-18-30-26(33)22-5-1-3-20-4-2-6-23(25(20)22)27(30)34/h1-12H,13-18H2/b12-9+. The predicted molar refractivity (Wildman–Crippen MR) is 134 cm³/mol. The Morgan fingerprint density at radius 3 is 2.06 bits per heavy atom. The lowest BCUT2D eigenvalue weighted by Gasteiger charge is -2.35. The topological polar surface area (TPSA) is 104 Å². The van der Waals surface area contributed by atoms with Crippen LogP contribution in [0.15, 0.2) is 66.7 Å². The van der Waals surface area contributed by atoms with E-state index in [9.17, 15) is 24.5 Å². The molecule has 2 heterocycles. The van der Waals surface area contributed by atoms with Gasteiger partial charge in [-0.3, -0.25) is 34.3 Å². The Hall–Kier alpha value is -4.37. The maximum atomic E-state index is 13.1. The van der Waals surface area contributed by atoms with Gasteiger partial charge in [-0.25, -0.2) is 0 Å². The maximum absolute atomic E-state index is 13.1. The first kappa shape index (κ1) is 23.4. The number of non-ortho nitro benzene ring substituents is 1. The van der Waals surface area contributed by atoms with Gasteiger partial charge >= 0.3 is 0 Å². The largest absolute Gasteiger partial charge is 0.337 e. The third kappa shape index (κ3) is 4.48. The van der Waals surface area contributed by atoms with Gasteiger partial charge in [0.1, 0.15) is 0 Å². The van der Waals surface area contributed by atoms with Gasteiger partial charge in [0.05, 0.1) is 4.92 Å². The minimum atomic E-state index is -0.464. The molecule has 9 nitrogen and oxygen atoms in total. The monoisotopic (exact) mass is 484 g/mol. The molecule has 0 atom stereocenters. The summed E-state index contributed by atoms with van der Waals surface area (Å²) in [5.41, 5.74) is 1.82. The molecule has 36 heavy (non-hydrogen) atoms. The van der Waals surface area contributed by atoms with Crippen molar-refractivity contribution in [2.24, 2.45) is 0 Å². The normalized spacial score (nSPS) is 16.2. The number of nitro groups is 1. The number of hydrogen-bond donors (Lipinski definition) is 0. The number of nitro benzene ring substituents is 1. The molecule has 0 unspecified atom stereocenters. The second kappa shape index (κ2) is 9.71. The fourth-order valence-electron chi connectivity index (χ4n) is 4.70. The Balaban J connectivity index is 1.15. The molecule has 0 spiro atoms. The quantitative estimate of drug-likeness (QED) is 0.230. The van der Waals surface area contributed by atoms with E-state index in [1.165, 1.54) is 23.1 Å². The molecular weight excluding hydrogens is 460 g/mol. The van der Waals surface area contributed by atoms with Gasteiger partial charge in [-0.15, -0.1) is 0 Å². The van der Waals surface area contributed by atoms with Crippen molar-refractivity contribution >= 4 is 40.3 Å². The van der Waals surface area contributed by atoms with E-state index in [0.717, 1.165) is 10.8 Å². The van der Waals surface area contributed by atoms with E-state index in [-0.39, 0.29) is 30.0 Å². The highest BCUT2D eigenvalue weighted by Gasteiger charge is 2.33. The van der Waals surface area contributed by atoms with Crippen LogP contribution in [0.1, 0.15) is 26.3 Å². The highest BCUT2D eigenvalue weighted by molar-refractivity contribution is 6.25. The highest BCUT2D eigenvalue weighted by atomic mass is 16.6. The van der Waals surface area contributed by atoms with Crippen molar-refractivity contribution < 1.29 is 19.3 Å². The molecule has 1 saturated heterocycles. The van der Waals surface area contributed by atoms with Crippen molar-refractivity contribution in [1.82, 2.24) is 14.7 Å². The first-order valence-electron chi connectivity index (χ1n) is 11.7. The van der Waals surface area contributed by atoms with Crippen LogP contribution < -0.4 is 0 Å². The van der Waals surface area contributed by atoms with Crippen molar-refractivity contribution in [2.45, 2.75) is 0 Å². The molecule has 0 saturated carbocycles. The van der Waals surface area contributed by atoms with Crippen LogP contribution in [-0.4, -0.2) is 76.6 Å². The Morgan fingerprint density at radius 1 is 0.861 bits per heavy atom. The van der Waals surface area contributed by atoms with E-state index in [1.807, 2.05) is 24.3 Å². The van der Waals surface area contributed by atoms with Crippen LogP contribution >= 0.6 is 0 Å². The number of hydrogen-bond acceptors (Lipinski definition) is 6. The number of imide groups is 1. The minimum Gasteiger partial charge on any atom is -0.337 e. The fraction of sp³-hybridized carbons (Fsp3) is 0.222. The molecule has 2 aliphatic heterocycles. The third-order valence-electron chi connectivity index (χ3n) is 6.70. The van der Waals surface area contributed by atoms with Crippen molar-refractivity contribution in [3.8, 4) is 0 Å². The lowest BCUT2D eigenvalue weighted by atomic mass is 9.94. The fourth-order valence-corrected chi connectivity index (χ4v) is 4.70. The molecule has 182 valence electrons. The first-order valence-corrected chi connectivity index (χ1v) is 11.7. The zero-order valence-corrected chi connectivity index (χ0v) is 19.5. The van der Waals surface area contributed by atoms with E-state index in [2.05, 4.69) is 4.90 Å². The molecule has 1 fully saturated rings. The maximum Gasteiger partial charge on any atom is 0.269 e. The van der Waals surface area contributed by atoms with Crippen molar-refractivity contribution in [1.29, 1.82) is 0 Å². The zero-order valence-electron chi connectivity index (χ0n) is 19.5. The summed E-state index contributed by atoms with van der Waals surface area (Å²) in [5.74, 6) is -0.664. The number of carbonyl (C=O) groups is 3. The van der Waals surface area contributed by atoms with Crippen LogP contribution in [0.3, 0.4) is 0 Å². The highest BCUT2D eigenvalue weighted by Crippen LogP contribution is 2.29. The smallest absolute Gasteiger partial charge is 0.269 e. The molecule has 9 heteroatoms. The van der Waals surface area contributed by atoms with Gasteiger partial charge in [-0.05, 0) is 41.3 Å². The van der Waals surface area contributed by atoms with Crippen LogP contribution in [0.2, 0.25) is 0 Å².